The number of hydrogen-bond acceptors (Lipinski definition) is 9. The van der Waals surface area contributed by atoms with Gasteiger partial charge in [0.1, 0.15) is 23.4 Å². The minimum Gasteiger partial charge on any atom is -0.367 e. The number of nitriles is 1. The van der Waals surface area contributed by atoms with Gasteiger partial charge in [-0.05, 0) is 38.7 Å². The maximum absolute atomic E-state index is 11.8. The molecule has 0 spiro atoms. The molecule has 1 saturated heterocycles. The first-order chi connectivity index (χ1) is 13.0. The number of Topliss-reactive ketones (excluding diaryl/α,β-unsaturated/α-hetero) is 1. The molecule has 2 heterocycles. The van der Waals surface area contributed by atoms with Crippen molar-refractivity contribution in [2.75, 3.05) is 11.1 Å². The highest BCUT2D eigenvalue weighted by molar-refractivity contribution is 8.00. The van der Waals surface area contributed by atoms with Crippen molar-refractivity contribution in [3.63, 3.8) is 0 Å². The van der Waals surface area contributed by atoms with Crippen LogP contribution in [0.25, 0.3) is 0 Å². The minimum absolute atomic E-state index is 0.0241. The summed E-state index contributed by atoms with van der Waals surface area (Å²) in [6.45, 7) is 1.56. The maximum Gasteiger partial charge on any atom is 0.287 e. The number of carbonyl (C=O) groups is 1. The predicted octanol–water partition coefficient (Wildman–Crippen LogP) is 2.07. The van der Waals surface area contributed by atoms with Crippen LogP contribution in [-0.4, -0.2) is 50.0 Å². The Morgan fingerprint density at radius 2 is 2.07 bits per heavy atom. The van der Waals surface area contributed by atoms with Crippen LogP contribution in [0.3, 0.4) is 0 Å². The normalized spacial score (nSPS) is 28.4. The maximum atomic E-state index is 11.8. The zero-order valence-electron chi connectivity index (χ0n) is 15.0. The Labute approximate surface area is 161 Å². The van der Waals surface area contributed by atoms with Gasteiger partial charge in [0.25, 0.3) is 5.69 Å². The molecule has 2 atom stereocenters. The number of rotatable bonds is 6. The molecule has 1 aromatic rings. The van der Waals surface area contributed by atoms with E-state index in [2.05, 4.69) is 21.8 Å². The van der Waals surface area contributed by atoms with Gasteiger partial charge >= 0.3 is 0 Å². The van der Waals surface area contributed by atoms with Gasteiger partial charge < -0.3 is 5.32 Å². The zero-order chi connectivity index (χ0) is 19.4. The van der Waals surface area contributed by atoms with Crippen LogP contribution in [0, 0.1) is 21.4 Å². The topological polar surface area (TPSA) is 124 Å². The van der Waals surface area contributed by atoms with E-state index in [-0.39, 0.29) is 35.0 Å². The van der Waals surface area contributed by atoms with Gasteiger partial charge in [-0.15, -0.1) is 11.8 Å². The fourth-order valence-corrected chi connectivity index (χ4v) is 4.65. The lowest BCUT2D eigenvalue weighted by molar-refractivity contribution is -0.385. The molecule has 3 rings (SSSR count). The summed E-state index contributed by atoms with van der Waals surface area (Å²) in [4.78, 5) is 26.1. The summed E-state index contributed by atoms with van der Waals surface area (Å²) < 4.78 is 0. The average molecular weight is 390 g/mol. The molecule has 1 aliphatic heterocycles. The van der Waals surface area contributed by atoms with Crippen molar-refractivity contribution >= 4 is 29.1 Å². The molecule has 9 nitrogen and oxygen atoms in total. The van der Waals surface area contributed by atoms with Gasteiger partial charge in [-0.2, -0.15) is 5.26 Å². The number of pyridine rings is 1. The van der Waals surface area contributed by atoms with Crippen LogP contribution >= 0.6 is 11.8 Å². The van der Waals surface area contributed by atoms with E-state index in [9.17, 15) is 20.2 Å². The third kappa shape index (κ3) is 4.74. The van der Waals surface area contributed by atoms with Gasteiger partial charge in [0, 0.05) is 23.9 Å². The van der Waals surface area contributed by atoms with Crippen molar-refractivity contribution in [3.05, 3.63) is 28.4 Å². The van der Waals surface area contributed by atoms with E-state index < -0.39 is 4.92 Å². The summed E-state index contributed by atoms with van der Waals surface area (Å²) in [6.07, 6.45) is 4.91. The monoisotopic (exact) mass is 390 g/mol. The SMILES string of the molecule is CC(=O)[C@H]1SCC(C#N)N1NC1CCC(Nc2ccc([N+](=O)[O-])cn2)CC1. The smallest absolute Gasteiger partial charge is 0.287 e. The van der Waals surface area contributed by atoms with Crippen molar-refractivity contribution in [2.45, 2.75) is 56.1 Å². The second kappa shape index (κ2) is 8.65. The van der Waals surface area contributed by atoms with E-state index in [1.807, 2.05) is 5.01 Å². The number of anilines is 1. The Balaban J connectivity index is 1.50. The number of thioether (sulfide) groups is 1. The number of hydrogen-bond donors (Lipinski definition) is 2. The van der Waals surface area contributed by atoms with E-state index in [0.29, 0.717) is 11.6 Å². The standard InChI is InChI=1S/C17H22N6O3S/c1-11(24)17-22(15(8-18)10-27-17)21-13-4-2-12(3-5-13)20-16-7-6-14(9-19-16)23(25)26/h6-7,9,12-13,15,17,21H,2-5,10H2,1H3,(H,19,20)/t12?,13?,15?,17-/m1/s1. The number of nitro groups is 1. The van der Waals surface area contributed by atoms with Crippen LogP contribution in [0.5, 0.6) is 0 Å². The van der Waals surface area contributed by atoms with Gasteiger partial charge in [0.05, 0.1) is 11.0 Å². The molecule has 0 aromatic carbocycles. The Morgan fingerprint density at radius 1 is 1.37 bits per heavy atom. The molecule has 27 heavy (non-hydrogen) atoms. The molecule has 10 heteroatoms. The Hall–Kier alpha value is -2.22. The molecule has 0 radical (unpaired) electrons. The summed E-state index contributed by atoms with van der Waals surface area (Å²) in [5.74, 6) is 1.33. The Bertz CT molecular complexity index is 729. The molecule has 1 aromatic heterocycles. The van der Waals surface area contributed by atoms with Crippen LogP contribution in [-0.2, 0) is 4.79 Å². The number of nitrogens with one attached hydrogen (secondary N) is 2. The molecule has 144 valence electrons. The lowest BCUT2D eigenvalue weighted by atomic mass is 9.91. The first-order valence-corrected chi connectivity index (χ1v) is 9.96. The van der Waals surface area contributed by atoms with E-state index in [1.165, 1.54) is 24.0 Å². The molecule has 2 N–H and O–H groups in total. The summed E-state index contributed by atoms with van der Waals surface area (Å²) in [7, 11) is 0. The summed E-state index contributed by atoms with van der Waals surface area (Å²) in [5, 5.41) is 24.8. The van der Waals surface area contributed by atoms with Crippen molar-refractivity contribution in [1.82, 2.24) is 15.4 Å². The third-order valence-electron chi connectivity index (χ3n) is 4.87. The molecule has 2 fully saturated rings. The van der Waals surface area contributed by atoms with Crippen molar-refractivity contribution < 1.29 is 9.72 Å². The first kappa shape index (κ1) is 19.5. The molecule has 1 saturated carbocycles. The van der Waals surface area contributed by atoms with Crippen molar-refractivity contribution in [2.24, 2.45) is 0 Å². The van der Waals surface area contributed by atoms with Crippen LogP contribution in [0.2, 0.25) is 0 Å². The highest BCUT2D eigenvalue weighted by Crippen LogP contribution is 2.30. The predicted molar refractivity (Wildman–Crippen MR) is 102 cm³/mol. The number of hydrazine groups is 1. The molecule has 1 unspecified atom stereocenters. The summed E-state index contributed by atoms with van der Waals surface area (Å²) in [5.41, 5.74) is 3.38. The van der Waals surface area contributed by atoms with Gasteiger partial charge in [0.15, 0.2) is 5.78 Å². The summed E-state index contributed by atoms with van der Waals surface area (Å²) in [6, 6.07) is 5.52. The molecule has 0 amide bonds. The van der Waals surface area contributed by atoms with E-state index >= 15 is 0 Å². The largest absolute Gasteiger partial charge is 0.367 e. The van der Waals surface area contributed by atoms with Crippen LogP contribution in [0.1, 0.15) is 32.6 Å². The highest BCUT2D eigenvalue weighted by atomic mass is 32.2. The second-order valence-corrected chi connectivity index (χ2v) is 7.94. The number of aromatic nitrogens is 1. The van der Waals surface area contributed by atoms with E-state index in [0.717, 1.165) is 25.7 Å². The fourth-order valence-electron chi connectivity index (χ4n) is 3.44. The van der Waals surface area contributed by atoms with Gasteiger partial charge in [0.2, 0.25) is 0 Å². The lowest BCUT2D eigenvalue weighted by Crippen LogP contribution is -2.53. The van der Waals surface area contributed by atoms with Crippen LogP contribution in [0.15, 0.2) is 18.3 Å². The Morgan fingerprint density at radius 3 is 2.63 bits per heavy atom. The van der Waals surface area contributed by atoms with Gasteiger partial charge in [-0.1, -0.05) is 0 Å². The molecule has 2 aliphatic rings. The average Bonchev–Trinajstić information content (AvgIpc) is 3.06. The molecule has 1 aliphatic carbocycles. The molecule has 0 bridgehead atoms. The van der Waals surface area contributed by atoms with E-state index in [1.54, 1.807) is 13.0 Å². The molecular formula is C17H22N6O3S. The summed E-state index contributed by atoms with van der Waals surface area (Å²) >= 11 is 1.51. The quantitative estimate of drug-likeness (QED) is 0.555. The van der Waals surface area contributed by atoms with Crippen molar-refractivity contribution in [3.8, 4) is 6.07 Å². The van der Waals surface area contributed by atoms with Crippen molar-refractivity contribution in [1.29, 1.82) is 5.26 Å². The number of nitrogens with zero attached hydrogens (tertiary/aromatic N) is 4. The van der Waals surface area contributed by atoms with Crippen LogP contribution in [0.4, 0.5) is 11.5 Å². The Kier molecular flexibility index (Phi) is 6.26. The number of ketones is 1. The van der Waals surface area contributed by atoms with Gasteiger partial charge in [-0.3, -0.25) is 14.9 Å². The zero-order valence-corrected chi connectivity index (χ0v) is 15.8. The number of carbonyl (C=O) groups excluding carboxylic acids is 1. The third-order valence-corrected chi connectivity index (χ3v) is 6.25. The van der Waals surface area contributed by atoms with Crippen LogP contribution < -0.4 is 10.7 Å². The lowest BCUT2D eigenvalue weighted by Gasteiger charge is -2.35. The van der Waals surface area contributed by atoms with Gasteiger partial charge in [-0.25, -0.2) is 15.4 Å². The highest BCUT2D eigenvalue weighted by Gasteiger charge is 2.38. The minimum atomic E-state index is -0.465. The van der Waals surface area contributed by atoms with E-state index in [4.69, 9.17) is 0 Å². The fraction of sp³-hybridized carbons (Fsp3) is 0.588. The second-order valence-electron chi connectivity index (χ2n) is 6.83. The molecular weight excluding hydrogens is 368 g/mol. The first-order valence-electron chi connectivity index (χ1n) is 8.91.